The monoisotopic (exact) mass is 380 g/mol. The number of unbranched alkanes of at least 4 members (excludes halogenated alkanes) is 1. The largest absolute Gasteiger partial charge is 0.369 e. The van der Waals surface area contributed by atoms with Gasteiger partial charge in [0.05, 0.1) is 0 Å². The van der Waals surface area contributed by atoms with Gasteiger partial charge in [0.15, 0.2) is 0 Å². The second-order valence-electron chi connectivity index (χ2n) is 7.67. The van der Waals surface area contributed by atoms with Gasteiger partial charge in [0.25, 0.3) is 0 Å². The van der Waals surface area contributed by atoms with Gasteiger partial charge in [0.1, 0.15) is 0 Å². The van der Waals surface area contributed by atoms with Crippen molar-refractivity contribution in [3.63, 3.8) is 0 Å². The van der Waals surface area contributed by atoms with Crippen LogP contribution in [0, 0.1) is 6.92 Å². The zero-order chi connectivity index (χ0) is 19.9. The molecule has 5 heteroatoms. The molecule has 0 aliphatic carbocycles. The third-order valence-electron chi connectivity index (χ3n) is 5.35. The van der Waals surface area contributed by atoms with Crippen LogP contribution in [0.4, 0.5) is 21.9 Å². The number of rotatable bonds is 6. The molecule has 1 aliphatic rings. The molecule has 0 unspecified atom stereocenters. The Morgan fingerprint density at radius 1 is 1.00 bits per heavy atom. The summed E-state index contributed by atoms with van der Waals surface area (Å²) in [7, 11) is 2.16. The van der Waals surface area contributed by atoms with Crippen LogP contribution in [0.15, 0.2) is 42.5 Å². The number of hydrogen-bond acceptors (Lipinski definition) is 3. The number of likely N-dealkylation sites (N-methyl/N-ethyl adjacent to an activating group) is 1. The van der Waals surface area contributed by atoms with Gasteiger partial charge in [-0.25, -0.2) is 4.79 Å². The summed E-state index contributed by atoms with van der Waals surface area (Å²) < 4.78 is 0. The molecular weight excluding hydrogens is 348 g/mol. The third-order valence-corrected chi connectivity index (χ3v) is 5.35. The summed E-state index contributed by atoms with van der Waals surface area (Å²) >= 11 is 0. The summed E-state index contributed by atoms with van der Waals surface area (Å²) in [6, 6.07) is 14.1. The first kappa shape index (κ1) is 20.2. The van der Waals surface area contributed by atoms with E-state index in [2.05, 4.69) is 58.7 Å². The van der Waals surface area contributed by atoms with Gasteiger partial charge in [0, 0.05) is 43.2 Å². The number of benzene rings is 2. The molecule has 0 spiro atoms. The minimum atomic E-state index is -0.211. The van der Waals surface area contributed by atoms with Crippen LogP contribution >= 0.6 is 0 Å². The van der Waals surface area contributed by atoms with Gasteiger partial charge in [-0.05, 0) is 68.3 Å². The van der Waals surface area contributed by atoms with E-state index < -0.39 is 0 Å². The van der Waals surface area contributed by atoms with Crippen LogP contribution in [0.25, 0.3) is 0 Å². The summed E-state index contributed by atoms with van der Waals surface area (Å²) in [5.41, 5.74) is 5.27. The summed E-state index contributed by atoms with van der Waals surface area (Å²) in [4.78, 5) is 17.1. The van der Waals surface area contributed by atoms with Gasteiger partial charge in [0.2, 0.25) is 0 Å². The van der Waals surface area contributed by atoms with Crippen molar-refractivity contribution in [3.05, 3.63) is 53.6 Å². The third kappa shape index (κ3) is 5.49. The zero-order valence-corrected chi connectivity index (χ0v) is 17.3. The van der Waals surface area contributed by atoms with E-state index in [9.17, 15) is 4.79 Å². The van der Waals surface area contributed by atoms with Gasteiger partial charge >= 0.3 is 6.03 Å². The van der Waals surface area contributed by atoms with Crippen molar-refractivity contribution in [2.45, 2.75) is 33.1 Å². The molecule has 1 fully saturated rings. The molecule has 2 amide bonds. The van der Waals surface area contributed by atoms with Crippen LogP contribution in [0.3, 0.4) is 0 Å². The van der Waals surface area contributed by atoms with Crippen molar-refractivity contribution in [2.75, 3.05) is 48.8 Å². The van der Waals surface area contributed by atoms with Crippen LogP contribution in [0.5, 0.6) is 0 Å². The molecule has 0 bridgehead atoms. The van der Waals surface area contributed by atoms with E-state index in [4.69, 9.17) is 0 Å². The van der Waals surface area contributed by atoms with Crippen LogP contribution < -0.4 is 15.5 Å². The summed E-state index contributed by atoms with van der Waals surface area (Å²) in [6.45, 7) is 8.48. The molecule has 3 rings (SSSR count). The van der Waals surface area contributed by atoms with Crippen molar-refractivity contribution >= 4 is 23.1 Å². The maximum atomic E-state index is 12.4. The maximum Gasteiger partial charge on any atom is 0.323 e. The first-order chi connectivity index (χ1) is 13.5. The number of aryl methyl sites for hydroxylation is 2. The zero-order valence-electron chi connectivity index (χ0n) is 17.3. The van der Waals surface area contributed by atoms with Crippen molar-refractivity contribution in [1.29, 1.82) is 0 Å². The SMILES string of the molecule is CCCCc1ccc(NC(=O)Nc2ccc(N3CCN(C)CC3)cc2)c(C)c1. The fraction of sp³-hybridized carbons (Fsp3) is 0.435. The molecule has 150 valence electrons. The second-order valence-corrected chi connectivity index (χ2v) is 7.67. The van der Waals surface area contributed by atoms with Gasteiger partial charge in [-0.1, -0.05) is 25.5 Å². The number of nitrogens with zero attached hydrogens (tertiary/aromatic N) is 2. The summed E-state index contributed by atoms with van der Waals surface area (Å²) in [5, 5.41) is 5.89. The molecular formula is C23H32N4O. The predicted octanol–water partition coefficient (Wildman–Crippen LogP) is 4.73. The summed E-state index contributed by atoms with van der Waals surface area (Å²) in [6.07, 6.45) is 3.47. The highest BCUT2D eigenvalue weighted by Gasteiger charge is 2.14. The molecule has 1 heterocycles. The predicted molar refractivity (Wildman–Crippen MR) is 119 cm³/mol. The topological polar surface area (TPSA) is 47.6 Å². The first-order valence-corrected chi connectivity index (χ1v) is 10.3. The standard InChI is InChI=1S/C23H32N4O/c1-4-5-6-19-7-12-22(18(2)17-19)25-23(28)24-20-8-10-21(11-9-20)27-15-13-26(3)14-16-27/h7-12,17H,4-6,13-16H2,1-3H3,(H2,24,25,28). The lowest BCUT2D eigenvalue weighted by atomic mass is 10.0. The highest BCUT2D eigenvalue weighted by atomic mass is 16.2. The Kier molecular flexibility index (Phi) is 6.93. The minimum absolute atomic E-state index is 0.211. The van der Waals surface area contributed by atoms with Crippen LogP contribution in [-0.2, 0) is 6.42 Å². The average molecular weight is 381 g/mol. The molecule has 2 aromatic rings. The quantitative estimate of drug-likeness (QED) is 0.761. The number of hydrogen-bond donors (Lipinski definition) is 2. The molecule has 1 aliphatic heterocycles. The molecule has 0 atom stereocenters. The van der Waals surface area contributed by atoms with Gasteiger partial charge in [-0.15, -0.1) is 0 Å². The lowest BCUT2D eigenvalue weighted by Crippen LogP contribution is -2.44. The van der Waals surface area contributed by atoms with Crippen LogP contribution in [0.1, 0.15) is 30.9 Å². The van der Waals surface area contributed by atoms with Crippen LogP contribution in [0.2, 0.25) is 0 Å². The molecule has 0 saturated carbocycles. The first-order valence-electron chi connectivity index (χ1n) is 10.3. The molecule has 5 nitrogen and oxygen atoms in total. The Morgan fingerprint density at radius 2 is 1.71 bits per heavy atom. The van der Waals surface area contributed by atoms with E-state index >= 15 is 0 Å². The number of urea groups is 1. The van der Waals surface area contributed by atoms with Crippen molar-refractivity contribution in [2.24, 2.45) is 0 Å². The Hall–Kier alpha value is -2.53. The Morgan fingerprint density at radius 3 is 2.36 bits per heavy atom. The number of amides is 2. The lowest BCUT2D eigenvalue weighted by Gasteiger charge is -2.34. The maximum absolute atomic E-state index is 12.4. The second kappa shape index (κ2) is 9.60. The number of carbonyl (C=O) groups excluding carboxylic acids is 1. The van der Waals surface area contributed by atoms with E-state index in [1.165, 1.54) is 24.1 Å². The fourth-order valence-electron chi connectivity index (χ4n) is 3.51. The fourth-order valence-corrected chi connectivity index (χ4v) is 3.51. The average Bonchev–Trinajstić information content (AvgIpc) is 2.69. The van der Waals surface area contributed by atoms with E-state index in [1.54, 1.807) is 0 Å². The van der Waals surface area contributed by atoms with Crippen molar-refractivity contribution in [1.82, 2.24) is 4.90 Å². The van der Waals surface area contributed by atoms with E-state index in [1.807, 2.05) is 25.1 Å². The minimum Gasteiger partial charge on any atom is -0.369 e. The highest BCUT2D eigenvalue weighted by molar-refractivity contribution is 6.00. The number of piperazine rings is 1. The van der Waals surface area contributed by atoms with Gasteiger partial charge in [-0.3, -0.25) is 0 Å². The van der Waals surface area contributed by atoms with Gasteiger partial charge < -0.3 is 20.4 Å². The normalized spacial score (nSPS) is 14.8. The van der Waals surface area contributed by atoms with Gasteiger partial charge in [-0.2, -0.15) is 0 Å². The molecule has 0 radical (unpaired) electrons. The van der Waals surface area contributed by atoms with Crippen LogP contribution in [-0.4, -0.2) is 44.2 Å². The number of nitrogens with one attached hydrogen (secondary N) is 2. The number of carbonyl (C=O) groups is 1. The Labute approximate surface area is 168 Å². The Balaban J connectivity index is 1.54. The van der Waals surface area contributed by atoms with Crippen molar-refractivity contribution < 1.29 is 4.79 Å². The lowest BCUT2D eigenvalue weighted by molar-refractivity contribution is 0.262. The smallest absolute Gasteiger partial charge is 0.323 e. The number of anilines is 3. The molecule has 1 saturated heterocycles. The van der Waals surface area contributed by atoms with Crippen molar-refractivity contribution in [3.8, 4) is 0 Å². The summed E-state index contributed by atoms with van der Waals surface area (Å²) in [5.74, 6) is 0. The molecule has 28 heavy (non-hydrogen) atoms. The Bertz CT molecular complexity index is 780. The molecule has 2 N–H and O–H groups in total. The van der Waals surface area contributed by atoms with E-state index in [-0.39, 0.29) is 6.03 Å². The molecule has 2 aromatic carbocycles. The highest BCUT2D eigenvalue weighted by Crippen LogP contribution is 2.21. The molecule has 0 aromatic heterocycles. The van der Waals surface area contributed by atoms with E-state index in [0.717, 1.165) is 49.5 Å². The van der Waals surface area contributed by atoms with E-state index in [0.29, 0.717) is 0 Å².